The molecule has 0 spiro atoms. The van der Waals surface area contributed by atoms with Gasteiger partial charge < -0.3 is 15.4 Å². The van der Waals surface area contributed by atoms with Gasteiger partial charge in [0, 0.05) is 13.1 Å². The zero-order valence-corrected chi connectivity index (χ0v) is 14.8. The Morgan fingerprint density at radius 1 is 1.38 bits per heavy atom. The molecule has 1 unspecified atom stereocenters. The van der Waals surface area contributed by atoms with Gasteiger partial charge in [-0.3, -0.25) is 0 Å². The summed E-state index contributed by atoms with van der Waals surface area (Å²) < 4.78 is 18.4. The molecule has 0 saturated carbocycles. The highest BCUT2D eigenvalue weighted by Gasteiger charge is 2.04. The van der Waals surface area contributed by atoms with Crippen molar-refractivity contribution in [1.29, 1.82) is 0 Å². The number of hydrogen-bond donors (Lipinski definition) is 2. The highest BCUT2D eigenvalue weighted by molar-refractivity contribution is 14.0. The minimum Gasteiger partial charge on any atom is -0.489 e. The van der Waals surface area contributed by atoms with Crippen LogP contribution in [0, 0.1) is 5.82 Å². The fraction of sp³-hybridized carbons (Fsp3) is 0.400. The molecule has 1 aromatic rings. The minimum absolute atomic E-state index is 0. The van der Waals surface area contributed by atoms with Crippen LogP contribution in [0.5, 0.6) is 5.75 Å². The first-order chi connectivity index (χ1) is 9.65. The molecular formula is C15H23FIN3O. The van der Waals surface area contributed by atoms with Crippen molar-refractivity contribution < 1.29 is 9.13 Å². The lowest BCUT2D eigenvalue weighted by atomic mass is 10.3. The second kappa shape index (κ2) is 11.4. The summed E-state index contributed by atoms with van der Waals surface area (Å²) in [5.74, 6) is 1.09. The zero-order valence-electron chi connectivity index (χ0n) is 12.4. The first-order valence-corrected chi connectivity index (χ1v) is 6.71. The molecule has 6 heteroatoms. The number of nitrogens with zero attached hydrogens (tertiary/aromatic N) is 1. The number of benzene rings is 1. The van der Waals surface area contributed by atoms with Gasteiger partial charge in [0.25, 0.3) is 0 Å². The quantitative estimate of drug-likeness (QED) is 0.316. The Kier molecular flexibility index (Phi) is 10.7. The number of hydrogen-bond acceptors (Lipinski definition) is 2. The monoisotopic (exact) mass is 407 g/mol. The van der Waals surface area contributed by atoms with E-state index in [1.165, 1.54) is 12.1 Å². The van der Waals surface area contributed by atoms with Gasteiger partial charge in [0.1, 0.15) is 17.7 Å². The van der Waals surface area contributed by atoms with Gasteiger partial charge in [-0.15, -0.1) is 30.6 Å². The Balaban J connectivity index is 0.00000400. The van der Waals surface area contributed by atoms with Crippen LogP contribution in [0.15, 0.2) is 41.9 Å². The van der Waals surface area contributed by atoms with Crippen LogP contribution in [0.25, 0.3) is 0 Å². The number of ether oxygens (including phenoxy) is 1. The fourth-order valence-corrected chi connectivity index (χ4v) is 1.51. The molecular weight excluding hydrogens is 384 g/mol. The largest absolute Gasteiger partial charge is 0.489 e. The number of nitrogens with one attached hydrogen (secondary N) is 2. The summed E-state index contributed by atoms with van der Waals surface area (Å²) in [4.78, 5) is 4.41. The summed E-state index contributed by atoms with van der Waals surface area (Å²) in [5, 5.41) is 6.24. The molecule has 0 aromatic heterocycles. The summed E-state index contributed by atoms with van der Waals surface area (Å²) in [5.41, 5.74) is 0. The molecule has 21 heavy (non-hydrogen) atoms. The van der Waals surface area contributed by atoms with Crippen LogP contribution in [0.2, 0.25) is 0 Å². The van der Waals surface area contributed by atoms with Crippen molar-refractivity contribution in [3.05, 3.63) is 42.7 Å². The topological polar surface area (TPSA) is 45.7 Å². The van der Waals surface area contributed by atoms with Gasteiger partial charge in [-0.05, 0) is 38.1 Å². The molecule has 0 saturated heterocycles. The van der Waals surface area contributed by atoms with E-state index >= 15 is 0 Å². The van der Waals surface area contributed by atoms with Crippen LogP contribution >= 0.6 is 24.0 Å². The summed E-state index contributed by atoms with van der Waals surface area (Å²) in [6.45, 7) is 9.52. The SMILES string of the molecule is C=CCNC(=NCC(C)Oc1ccc(F)cc1)NCC.I. The smallest absolute Gasteiger partial charge is 0.191 e. The third-order valence-corrected chi connectivity index (χ3v) is 2.42. The molecule has 0 aliphatic rings. The second-order valence-corrected chi connectivity index (χ2v) is 4.27. The van der Waals surface area contributed by atoms with E-state index in [-0.39, 0.29) is 35.9 Å². The average molecular weight is 407 g/mol. The van der Waals surface area contributed by atoms with Crippen molar-refractivity contribution in [3.63, 3.8) is 0 Å². The molecule has 1 aromatic carbocycles. The highest BCUT2D eigenvalue weighted by Crippen LogP contribution is 2.12. The molecule has 118 valence electrons. The van der Waals surface area contributed by atoms with Crippen molar-refractivity contribution >= 4 is 29.9 Å². The van der Waals surface area contributed by atoms with E-state index < -0.39 is 0 Å². The molecule has 0 bridgehead atoms. The maximum absolute atomic E-state index is 12.8. The first kappa shape index (κ1) is 19.7. The number of aliphatic imine (C=N–C) groups is 1. The normalized spacial score (nSPS) is 12.0. The lowest BCUT2D eigenvalue weighted by molar-refractivity contribution is 0.230. The third-order valence-electron chi connectivity index (χ3n) is 2.42. The fourth-order valence-electron chi connectivity index (χ4n) is 1.51. The van der Waals surface area contributed by atoms with Crippen LogP contribution in [0.3, 0.4) is 0 Å². The van der Waals surface area contributed by atoms with Gasteiger partial charge >= 0.3 is 0 Å². The summed E-state index contributed by atoms with van der Waals surface area (Å²) in [7, 11) is 0. The second-order valence-electron chi connectivity index (χ2n) is 4.27. The first-order valence-electron chi connectivity index (χ1n) is 6.71. The Morgan fingerprint density at radius 2 is 2.05 bits per heavy atom. The summed E-state index contributed by atoms with van der Waals surface area (Å²) >= 11 is 0. The van der Waals surface area contributed by atoms with E-state index in [2.05, 4.69) is 22.2 Å². The van der Waals surface area contributed by atoms with Gasteiger partial charge in [0.2, 0.25) is 0 Å². The highest BCUT2D eigenvalue weighted by atomic mass is 127. The average Bonchev–Trinajstić information content (AvgIpc) is 2.44. The van der Waals surface area contributed by atoms with Gasteiger partial charge in [-0.1, -0.05) is 6.08 Å². The molecule has 0 fully saturated rings. The zero-order chi connectivity index (χ0) is 14.8. The van der Waals surface area contributed by atoms with Crippen molar-refractivity contribution in [2.45, 2.75) is 20.0 Å². The molecule has 0 amide bonds. The third kappa shape index (κ3) is 8.54. The van der Waals surface area contributed by atoms with E-state index in [4.69, 9.17) is 4.74 Å². The van der Waals surface area contributed by atoms with Crippen LogP contribution in [-0.4, -0.2) is 31.7 Å². The van der Waals surface area contributed by atoms with Gasteiger partial charge in [-0.2, -0.15) is 0 Å². The summed E-state index contributed by atoms with van der Waals surface area (Å²) in [6, 6.07) is 5.97. The van der Waals surface area contributed by atoms with Crippen molar-refractivity contribution in [2.75, 3.05) is 19.6 Å². The lowest BCUT2D eigenvalue weighted by Crippen LogP contribution is -2.38. The predicted molar refractivity (Wildman–Crippen MR) is 96.1 cm³/mol. The predicted octanol–water partition coefficient (Wildman–Crippen LogP) is 2.95. The number of rotatable bonds is 7. The van der Waals surface area contributed by atoms with E-state index in [0.29, 0.717) is 18.8 Å². The maximum Gasteiger partial charge on any atom is 0.191 e. The molecule has 0 heterocycles. The molecule has 2 N–H and O–H groups in total. The van der Waals surface area contributed by atoms with Crippen LogP contribution in [0.4, 0.5) is 4.39 Å². The Hall–Kier alpha value is -1.31. The maximum atomic E-state index is 12.8. The Morgan fingerprint density at radius 3 is 2.62 bits per heavy atom. The molecule has 0 radical (unpaired) electrons. The Labute approximate surface area is 142 Å². The molecule has 4 nitrogen and oxygen atoms in total. The molecule has 0 aliphatic carbocycles. The molecule has 1 atom stereocenters. The van der Waals surface area contributed by atoms with Crippen molar-refractivity contribution in [1.82, 2.24) is 10.6 Å². The van der Waals surface area contributed by atoms with Crippen molar-refractivity contribution in [2.24, 2.45) is 4.99 Å². The standard InChI is InChI=1S/C15H22FN3O.HI/c1-4-10-18-15(17-5-2)19-11-12(3)20-14-8-6-13(16)7-9-14;/h4,6-9,12H,1,5,10-11H2,2-3H3,(H2,17,18,19);1H. The van der Waals surface area contributed by atoms with E-state index in [1.54, 1.807) is 18.2 Å². The van der Waals surface area contributed by atoms with Gasteiger partial charge in [0.05, 0.1) is 6.54 Å². The van der Waals surface area contributed by atoms with E-state index in [0.717, 1.165) is 12.5 Å². The summed E-state index contributed by atoms with van der Waals surface area (Å²) in [6.07, 6.45) is 1.67. The van der Waals surface area contributed by atoms with Gasteiger partial charge in [0.15, 0.2) is 5.96 Å². The Bertz CT molecular complexity index is 437. The van der Waals surface area contributed by atoms with E-state index in [1.807, 2.05) is 13.8 Å². The number of halogens is 2. The van der Waals surface area contributed by atoms with Crippen LogP contribution in [-0.2, 0) is 0 Å². The van der Waals surface area contributed by atoms with Gasteiger partial charge in [-0.25, -0.2) is 9.38 Å². The molecule has 0 aliphatic heterocycles. The minimum atomic E-state index is -0.272. The van der Waals surface area contributed by atoms with Crippen LogP contribution in [0.1, 0.15) is 13.8 Å². The number of guanidine groups is 1. The van der Waals surface area contributed by atoms with E-state index in [9.17, 15) is 4.39 Å². The van der Waals surface area contributed by atoms with Crippen molar-refractivity contribution in [3.8, 4) is 5.75 Å². The van der Waals surface area contributed by atoms with Crippen LogP contribution < -0.4 is 15.4 Å². The lowest BCUT2D eigenvalue weighted by Gasteiger charge is -2.14. The molecule has 1 rings (SSSR count).